The summed E-state index contributed by atoms with van der Waals surface area (Å²) in [7, 11) is 0. The largest absolute Gasteiger partial charge is 0.352 e. The minimum absolute atomic E-state index is 0.381. The molecular weight excluding hydrogens is 278 g/mol. The van der Waals surface area contributed by atoms with Crippen molar-refractivity contribution in [1.29, 1.82) is 0 Å². The SMILES string of the molecule is CCN1c2nc(-c3ccccc3)ccc2N=CC1NC(N)=O. The number of pyridine rings is 1. The van der Waals surface area contributed by atoms with Crippen molar-refractivity contribution in [1.82, 2.24) is 10.3 Å². The number of rotatable bonds is 3. The first kappa shape index (κ1) is 14.1. The number of carbonyl (C=O) groups excluding carboxylic acids is 1. The molecule has 112 valence electrons. The van der Waals surface area contributed by atoms with Gasteiger partial charge >= 0.3 is 6.03 Å². The Balaban J connectivity index is 2.01. The second-order valence-corrected chi connectivity index (χ2v) is 4.92. The van der Waals surface area contributed by atoms with Crippen molar-refractivity contribution in [3.63, 3.8) is 0 Å². The molecule has 22 heavy (non-hydrogen) atoms. The van der Waals surface area contributed by atoms with Crippen LogP contribution in [0.4, 0.5) is 16.3 Å². The smallest absolute Gasteiger partial charge is 0.314 e. The second-order valence-electron chi connectivity index (χ2n) is 4.92. The molecule has 3 rings (SSSR count). The Morgan fingerprint density at radius 3 is 2.73 bits per heavy atom. The molecule has 2 aromatic rings. The van der Waals surface area contributed by atoms with Gasteiger partial charge in [0.25, 0.3) is 0 Å². The molecule has 1 aromatic heterocycles. The van der Waals surface area contributed by atoms with Crippen LogP contribution in [0.2, 0.25) is 0 Å². The maximum Gasteiger partial charge on any atom is 0.314 e. The van der Waals surface area contributed by atoms with Crippen molar-refractivity contribution in [2.24, 2.45) is 10.7 Å². The fourth-order valence-electron chi connectivity index (χ4n) is 2.49. The lowest BCUT2D eigenvalue weighted by Gasteiger charge is -2.33. The van der Waals surface area contributed by atoms with E-state index in [4.69, 9.17) is 10.7 Å². The van der Waals surface area contributed by atoms with Crippen LogP contribution in [0.15, 0.2) is 47.5 Å². The highest BCUT2D eigenvalue weighted by Gasteiger charge is 2.24. The predicted octanol–water partition coefficient (Wildman–Crippen LogP) is 2.29. The van der Waals surface area contributed by atoms with Crippen molar-refractivity contribution >= 4 is 23.8 Å². The Kier molecular flexibility index (Phi) is 3.74. The molecule has 0 spiro atoms. The third-order valence-electron chi connectivity index (χ3n) is 3.52. The molecule has 2 amide bonds. The Hall–Kier alpha value is -2.89. The van der Waals surface area contributed by atoms with Crippen LogP contribution in [-0.4, -0.2) is 29.9 Å². The molecule has 3 N–H and O–H groups in total. The number of aliphatic imine (C=N–C) groups is 1. The molecule has 0 fully saturated rings. The number of primary amides is 1. The molecular formula is C16H17N5O. The van der Waals surface area contributed by atoms with E-state index in [0.29, 0.717) is 6.54 Å². The molecule has 2 heterocycles. The molecule has 6 nitrogen and oxygen atoms in total. The summed E-state index contributed by atoms with van der Waals surface area (Å²) in [5, 5.41) is 2.66. The highest BCUT2D eigenvalue weighted by atomic mass is 16.2. The second kappa shape index (κ2) is 5.85. The van der Waals surface area contributed by atoms with Crippen LogP contribution in [0.25, 0.3) is 11.3 Å². The van der Waals surface area contributed by atoms with E-state index in [0.717, 1.165) is 22.8 Å². The van der Waals surface area contributed by atoms with Gasteiger partial charge in [-0.25, -0.2) is 9.78 Å². The maximum atomic E-state index is 11.1. The molecule has 0 saturated heterocycles. The minimum Gasteiger partial charge on any atom is -0.352 e. The van der Waals surface area contributed by atoms with Gasteiger partial charge in [0.2, 0.25) is 0 Å². The molecule has 6 heteroatoms. The molecule has 1 aliphatic heterocycles. The summed E-state index contributed by atoms with van der Waals surface area (Å²) in [5.41, 5.74) is 7.91. The lowest BCUT2D eigenvalue weighted by atomic mass is 10.1. The summed E-state index contributed by atoms with van der Waals surface area (Å²) in [6.07, 6.45) is 1.29. The van der Waals surface area contributed by atoms with E-state index in [2.05, 4.69) is 10.3 Å². The average Bonchev–Trinajstić information content (AvgIpc) is 2.54. The number of fused-ring (bicyclic) bond motifs is 1. The maximum absolute atomic E-state index is 11.1. The molecule has 0 aliphatic carbocycles. The zero-order chi connectivity index (χ0) is 15.5. The van der Waals surface area contributed by atoms with E-state index in [1.54, 1.807) is 6.21 Å². The van der Waals surface area contributed by atoms with Gasteiger partial charge in [-0.15, -0.1) is 0 Å². The summed E-state index contributed by atoms with van der Waals surface area (Å²) in [4.78, 5) is 22.2. The van der Waals surface area contributed by atoms with Crippen LogP contribution in [0, 0.1) is 0 Å². The van der Waals surface area contributed by atoms with Gasteiger partial charge in [0.1, 0.15) is 11.9 Å². The van der Waals surface area contributed by atoms with Crippen LogP contribution in [0.3, 0.4) is 0 Å². The molecule has 0 bridgehead atoms. The quantitative estimate of drug-likeness (QED) is 0.911. The highest BCUT2D eigenvalue weighted by Crippen LogP contribution is 2.33. The van der Waals surface area contributed by atoms with Crippen molar-refractivity contribution in [2.45, 2.75) is 13.1 Å². The van der Waals surface area contributed by atoms with Crippen molar-refractivity contribution < 1.29 is 4.79 Å². The zero-order valence-electron chi connectivity index (χ0n) is 12.2. The fraction of sp³-hybridized carbons (Fsp3) is 0.188. The topological polar surface area (TPSA) is 83.6 Å². The van der Waals surface area contributed by atoms with E-state index in [-0.39, 0.29) is 6.17 Å². The highest BCUT2D eigenvalue weighted by molar-refractivity contribution is 5.87. The first-order valence-electron chi connectivity index (χ1n) is 7.12. The number of nitrogens with zero attached hydrogens (tertiary/aromatic N) is 3. The Labute approximate surface area is 128 Å². The van der Waals surface area contributed by atoms with Gasteiger partial charge in [-0.05, 0) is 19.1 Å². The number of carbonyl (C=O) groups is 1. The number of hydrogen-bond acceptors (Lipinski definition) is 4. The molecule has 1 aromatic carbocycles. The van der Waals surface area contributed by atoms with E-state index in [1.165, 1.54) is 0 Å². The van der Waals surface area contributed by atoms with Crippen LogP contribution >= 0.6 is 0 Å². The van der Waals surface area contributed by atoms with Gasteiger partial charge in [-0.2, -0.15) is 0 Å². The third-order valence-corrected chi connectivity index (χ3v) is 3.52. The standard InChI is InChI=1S/C16H17N5O/c1-2-21-14(20-16(17)22)10-18-13-9-8-12(19-15(13)21)11-6-4-3-5-7-11/h3-10,14H,2H2,1H3,(H3,17,20,22). The van der Waals surface area contributed by atoms with E-state index in [9.17, 15) is 4.79 Å². The number of benzene rings is 1. The number of nitrogens with two attached hydrogens (primary N) is 1. The lowest BCUT2D eigenvalue weighted by molar-refractivity contribution is 0.247. The van der Waals surface area contributed by atoms with Crippen molar-refractivity contribution in [3.05, 3.63) is 42.5 Å². The number of aromatic nitrogens is 1. The number of anilines is 1. The average molecular weight is 295 g/mol. The van der Waals surface area contributed by atoms with Crippen LogP contribution in [0.1, 0.15) is 6.92 Å². The summed E-state index contributed by atoms with van der Waals surface area (Å²) in [6.45, 7) is 2.67. The molecule has 1 atom stereocenters. The number of hydrogen-bond donors (Lipinski definition) is 2. The fourth-order valence-corrected chi connectivity index (χ4v) is 2.49. The van der Waals surface area contributed by atoms with Gasteiger partial charge in [0, 0.05) is 18.3 Å². The van der Waals surface area contributed by atoms with Gasteiger partial charge in [0.05, 0.1) is 5.69 Å². The number of urea groups is 1. The molecule has 1 unspecified atom stereocenters. The van der Waals surface area contributed by atoms with E-state index < -0.39 is 6.03 Å². The van der Waals surface area contributed by atoms with Gasteiger partial charge < -0.3 is 16.0 Å². The van der Waals surface area contributed by atoms with Crippen LogP contribution in [-0.2, 0) is 0 Å². The van der Waals surface area contributed by atoms with E-state index in [1.807, 2.05) is 54.3 Å². The van der Waals surface area contributed by atoms with Crippen molar-refractivity contribution in [2.75, 3.05) is 11.4 Å². The Morgan fingerprint density at radius 2 is 2.05 bits per heavy atom. The summed E-state index contributed by atoms with van der Waals surface area (Å²) in [6, 6.07) is 13.2. The van der Waals surface area contributed by atoms with E-state index >= 15 is 0 Å². The normalized spacial score (nSPS) is 16.2. The first-order valence-corrected chi connectivity index (χ1v) is 7.12. The van der Waals surface area contributed by atoms with Gasteiger partial charge in [0.15, 0.2) is 5.82 Å². The van der Waals surface area contributed by atoms with Gasteiger partial charge in [-0.3, -0.25) is 4.99 Å². The Morgan fingerprint density at radius 1 is 1.27 bits per heavy atom. The van der Waals surface area contributed by atoms with Crippen molar-refractivity contribution in [3.8, 4) is 11.3 Å². The minimum atomic E-state index is -0.586. The lowest BCUT2D eigenvalue weighted by Crippen LogP contribution is -2.52. The zero-order valence-corrected chi connectivity index (χ0v) is 12.2. The molecule has 0 saturated carbocycles. The van der Waals surface area contributed by atoms with Crippen LogP contribution in [0.5, 0.6) is 0 Å². The summed E-state index contributed by atoms with van der Waals surface area (Å²) < 4.78 is 0. The first-order chi connectivity index (χ1) is 10.7. The number of nitrogens with one attached hydrogen (secondary N) is 1. The summed E-state index contributed by atoms with van der Waals surface area (Å²) >= 11 is 0. The summed E-state index contributed by atoms with van der Waals surface area (Å²) in [5.74, 6) is 0.741. The predicted molar refractivity (Wildman–Crippen MR) is 87.4 cm³/mol. The Bertz CT molecular complexity index is 714. The third kappa shape index (κ3) is 2.63. The monoisotopic (exact) mass is 295 g/mol. The van der Waals surface area contributed by atoms with Crippen LogP contribution < -0.4 is 16.0 Å². The number of amides is 2. The molecule has 1 aliphatic rings. The van der Waals surface area contributed by atoms with Gasteiger partial charge in [-0.1, -0.05) is 30.3 Å². The molecule has 0 radical (unpaired) electrons.